The third kappa shape index (κ3) is 7.29. The molecule has 0 bridgehead atoms. The van der Waals surface area contributed by atoms with E-state index in [1.807, 2.05) is 30.9 Å². The molecule has 2 fully saturated rings. The molecule has 2 saturated heterocycles. The maximum Gasteiger partial charge on any atom is 0.324 e. The number of amides is 3. The molecule has 200 valence electrons. The number of carbonyl (C=O) groups is 2. The third-order valence-corrected chi connectivity index (χ3v) is 7.02. The lowest BCUT2D eigenvalue weighted by Crippen LogP contribution is -2.48. The molecule has 0 aromatic heterocycles. The van der Waals surface area contributed by atoms with Gasteiger partial charge in [-0.25, -0.2) is 10.3 Å². The van der Waals surface area contributed by atoms with Crippen molar-refractivity contribution in [1.29, 1.82) is 0 Å². The highest BCUT2D eigenvalue weighted by atomic mass is 16.5. The number of rotatable bonds is 7. The van der Waals surface area contributed by atoms with Crippen LogP contribution in [0.2, 0.25) is 0 Å². The first-order chi connectivity index (χ1) is 17.7. The summed E-state index contributed by atoms with van der Waals surface area (Å²) < 4.78 is 5.45. The molecule has 0 atom stereocenters. The number of likely N-dealkylation sites (tertiary alicyclic amines) is 1. The van der Waals surface area contributed by atoms with Crippen molar-refractivity contribution < 1.29 is 24.6 Å². The molecule has 2 heterocycles. The molecule has 0 spiro atoms. The predicted molar refractivity (Wildman–Crippen MR) is 141 cm³/mol. The van der Waals surface area contributed by atoms with Crippen LogP contribution in [0, 0.1) is 0 Å². The van der Waals surface area contributed by atoms with Crippen LogP contribution < -0.4 is 10.4 Å². The van der Waals surface area contributed by atoms with Gasteiger partial charge >= 0.3 is 6.03 Å². The second-order valence-corrected chi connectivity index (χ2v) is 10.6. The zero-order valence-corrected chi connectivity index (χ0v) is 21.7. The van der Waals surface area contributed by atoms with E-state index in [1.165, 1.54) is 5.56 Å². The molecule has 4 rings (SSSR count). The Hall–Kier alpha value is -2.98. The van der Waals surface area contributed by atoms with Crippen molar-refractivity contribution in [3.63, 3.8) is 0 Å². The summed E-state index contributed by atoms with van der Waals surface area (Å²) in [6, 6.07) is 15.0. The van der Waals surface area contributed by atoms with Gasteiger partial charge in [-0.15, -0.1) is 0 Å². The van der Waals surface area contributed by atoms with Gasteiger partial charge in [-0.3, -0.25) is 14.9 Å². The van der Waals surface area contributed by atoms with E-state index in [2.05, 4.69) is 17.0 Å². The fourth-order valence-corrected chi connectivity index (χ4v) is 5.12. The summed E-state index contributed by atoms with van der Waals surface area (Å²) in [6.07, 6.45) is 2.01. The van der Waals surface area contributed by atoms with Crippen molar-refractivity contribution in [2.75, 3.05) is 50.8 Å². The summed E-state index contributed by atoms with van der Waals surface area (Å²) in [4.78, 5) is 31.3. The van der Waals surface area contributed by atoms with Crippen molar-refractivity contribution >= 4 is 17.6 Å². The minimum Gasteiger partial charge on any atom is -0.389 e. The lowest BCUT2D eigenvalue weighted by molar-refractivity contribution is 0.0282. The van der Waals surface area contributed by atoms with Gasteiger partial charge in [-0.2, -0.15) is 0 Å². The maximum atomic E-state index is 13.7. The molecule has 0 saturated carbocycles. The number of β-amino-alcohol motifs (C(OH)–C–C–N with tert-alkyl or cyclic N) is 1. The summed E-state index contributed by atoms with van der Waals surface area (Å²) in [5.41, 5.74) is 4.22. The molecule has 0 unspecified atom stereocenters. The van der Waals surface area contributed by atoms with Crippen LogP contribution in [0.3, 0.4) is 0 Å². The Balaban J connectivity index is 1.53. The molecular formula is C28H38N4O5. The molecule has 2 aliphatic heterocycles. The standard InChI is InChI=1S/C28H38N4O5/c1-28(2,35)20-30-12-10-22(11-13-30)24-4-3-5-25(18-24)32(27(34)31-14-16-37-17-15-31)19-21-6-8-23(9-7-21)26(33)29-36/h3-9,18,22,35-36H,10-17,19-20H2,1-2H3,(H,29,33). The molecular weight excluding hydrogens is 472 g/mol. The topological polar surface area (TPSA) is 106 Å². The summed E-state index contributed by atoms with van der Waals surface area (Å²) >= 11 is 0. The van der Waals surface area contributed by atoms with E-state index < -0.39 is 11.5 Å². The van der Waals surface area contributed by atoms with E-state index in [0.29, 0.717) is 50.9 Å². The van der Waals surface area contributed by atoms with Gasteiger partial charge in [0, 0.05) is 30.9 Å². The number of nitrogens with one attached hydrogen (secondary N) is 1. The van der Waals surface area contributed by atoms with Crippen molar-refractivity contribution in [3.8, 4) is 0 Å². The maximum absolute atomic E-state index is 13.7. The van der Waals surface area contributed by atoms with Gasteiger partial charge in [0.25, 0.3) is 5.91 Å². The number of morpholine rings is 1. The highest BCUT2D eigenvalue weighted by Crippen LogP contribution is 2.32. The first-order valence-corrected chi connectivity index (χ1v) is 13.0. The number of piperidine rings is 1. The number of nitrogens with zero attached hydrogens (tertiary/aromatic N) is 3. The summed E-state index contributed by atoms with van der Waals surface area (Å²) in [5.74, 6) is -0.177. The first kappa shape index (κ1) is 27.1. The van der Waals surface area contributed by atoms with Crippen LogP contribution in [0.5, 0.6) is 0 Å². The molecule has 2 aromatic rings. The number of aliphatic hydroxyl groups is 1. The highest BCUT2D eigenvalue weighted by Gasteiger charge is 2.27. The van der Waals surface area contributed by atoms with E-state index in [-0.39, 0.29) is 6.03 Å². The van der Waals surface area contributed by atoms with Crippen molar-refractivity contribution in [2.24, 2.45) is 0 Å². The van der Waals surface area contributed by atoms with E-state index in [4.69, 9.17) is 9.94 Å². The average Bonchev–Trinajstić information content (AvgIpc) is 2.91. The predicted octanol–water partition coefficient (Wildman–Crippen LogP) is 3.21. The Morgan fingerprint density at radius 3 is 2.35 bits per heavy atom. The van der Waals surface area contributed by atoms with Gasteiger partial charge in [-0.1, -0.05) is 24.3 Å². The Morgan fingerprint density at radius 1 is 1.05 bits per heavy atom. The zero-order chi connectivity index (χ0) is 26.4. The van der Waals surface area contributed by atoms with Crippen molar-refractivity contribution in [1.82, 2.24) is 15.3 Å². The summed E-state index contributed by atoms with van der Waals surface area (Å²) in [6.45, 7) is 8.71. The number of hydroxylamine groups is 1. The highest BCUT2D eigenvalue weighted by molar-refractivity contribution is 5.94. The molecule has 3 amide bonds. The number of urea groups is 1. The second-order valence-electron chi connectivity index (χ2n) is 10.6. The Kier molecular flexibility index (Phi) is 8.81. The van der Waals surface area contributed by atoms with Gasteiger partial charge in [0.15, 0.2) is 0 Å². The Bertz CT molecular complexity index is 1050. The number of carbonyl (C=O) groups excluding carboxylic acids is 2. The van der Waals surface area contributed by atoms with Crippen LogP contribution in [0.15, 0.2) is 48.5 Å². The van der Waals surface area contributed by atoms with Crippen LogP contribution in [0.4, 0.5) is 10.5 Å². The largest absolute Gasteiger partial charge is 0.389 e. The molecule has 0 aliphatic carbocycles. The summed E-state index contributed by atoms with van der Waals surface area (Å²) in [5, 5.41) is 19.0. The lowest BCUT2D eigenvalue weighted by Gasteiger charge is -2.36. The third-order valence-electron chi connectivity index (χ3n) is 7.02. The minimum absolute atomic E-state index is 0.0716. The summed E-state index contributed by atoms with van der Waals surface area (Å²) in [7, 11) is 0. The number of anilines is 1. The van der Waals surface area contributed by atoms with E-state index >= 15 is 0 Å². The van der Waals surface area contributed by atoms with Crippen LogP contribution in [0.1, 0.15) is 54.1 Å². The molecule has 9 nitrogen and oxygen atoms in total. The molecule has 2 aliphatic rings. The van der Waals surface area contributed by atoms with Crippen LogP contribution >= 0.6 is 0 Å². The molecule has 0 radical (unpaired) electrons. The SMILES string of the molecule is CC(C)(O)CN1CCC(c2cccc(N(Cc3ccc(C(=O)NO)cc3)C(=O)N3CCOCC3)c2)CC1. The molecule has 9 heteroatoms. The van der Waals surface area contributed by atoms with Gasteiger partial charge < -0.3 is 19.6 Å². The monoisotopic (exact) mass is 510 g/mol. The Morgan fingerprint density at radius 2 is 1.73 bits per heavy atom. The Labute approximate surface area is 218 Å². The van der Waals surface area contributed by atoms with Gasteiger partial charge in [0.1, 0.15) is 0 Å². The van der Waals surface area contributed by atoms with Crippen LogP contribution in [-0.2, 0) is 11.3 Å². The second kappa shape index (κ2) is 12.0. The van der Waals surface area contributed by atoms with Crippen LogP contribution in [0.25, 0.3) is 0 Å². The van der Waals surface area contributed by atoms with Gasteiger partial charge in [0.2, 0.25) is 0 Å². The quantitative estimate of drug-likeness (QED) is 0.390. The van der Waals surface area contributed by atoms with Crippen molar-refractivity contribution in [3.05, 3.63) is 65.2 Å². The van der Waals surface area contributed by atoms with E-state index in [0.717, 1.165) is 37.2 Å². The number of hydrogen-bond acceptors (Lipinski definition) is 6. The minimum atomic E-state index is -0.701. The molecule has 37 heavy (non-hydrogen) atoms. The fraction of sp³-hybridized carbons (Fsp3) is 0.500. The fourth-order valence-electron chi connectivity index (χ4n) is 5.12. The number of ether oxygens (including phenoxy) is 1. The smallest absolute Gasteiger partial charge is 0.324 e. The van der Waals surface area contributed by atoms with E-state index in [9.17, 15) is 14.7 Å². The van der Waals surface area contributed by atoms with Crippen LogP contribution in [-0.4, -0.2) is 83.6 Å². The normalized spacial score (nSPS) is 17.5. The zero-order valence-electron chi connectivity index (χ0n) is 21.7. The average molecular weight is 511 g/mol. The lowest BCUT2D eigenvalue weighted by atomic mass is 9.88. The number of benzene rings is 2. The van der Waals surface area contributed by atoms with E-state index in [1.54, 1.807) is 34.6 Å². The number of hydrogen-bond donors (Lipinski definition) is 3. The molecule has 3 N–H and O–H groups in total. The van der Waals surface area contributed by atoms with Crippen molar-refractivity contribution in [2.45, 2.75) is 44.8 Å². The van der Waals surface area contributed by atoms with Gasteiger partial charge in [0.05, 0.1) is 25.4 Å². The van der Waals surface area contributed by atoms with Gasteiger partial charge in [-0.05, 0) is 81.1 Å². The molecule has 2 aromatic carbocycles. The first-order valence-electron chi connectivity index (χ1n) is 13.0.